The van der Waals surface area contributed by atoms with Gasteiger partial charge in [0.25, 0.3) is 0 Å². The van der Waals surface area contributed by atoms with Crippen molar-refractivity contribution in [2.75, 3.05) is 6.61 Å². The van der Waals surface area contributed by atoms with E-state index in [1.165, 1.54) is 12.0 Å². The van der Waals surface area contributed by atoms with Crippen LogP contribution in [0.25, 0.3) is 0 Å². The van der Waals surface area contributed by atoms with Crippen LogP contribution < -0.4 is 4.74 Å². The minimum atomic E-state index is -0.615. The molecule has 0 radical (unpaired) electrons. The Balaban J connectivity index is 1.99. The first-order valence-corrected chi connectivity index (χ1v) is 7.35. The molecule has 1 aliphatic rings. The van der Waals surface area contributed by atoms with Gasteiger partial charge in [0.1, 0.15) is 12.4 Å². The first kappa shape index (κ1) is 14.4. The number of rotatable bonds is 3. The van der Waals surface area contributed by atoms with Crippen molar-refractivity contribution in [2.24, 2.45) is 0 Å². The van der Waals surface area contributed by atoms with Crippen LogP contribution in [-0.4, -0.2) is 17.3 Å². The quantitative estimate of drug-likeness (QED) is 0.890. The Labute approximate surface area is 116 Å². The molecule has 0 unspecified atom stereocenters. The van der Waals surface area contributed by atoms with E-state index in [1.807, 2.05) is 12.1 Å². The van der Waals surface area contributed by atoms with Crippen molar-refractivity contribution < 1.29 is 9.84 Å². The monoisotopic (exact) mass is 262 g/mol. The van der Waals surface area contributed by atoms with Crippen molar-refractivity contribution in [2.45, 2.75) is 63.9 Å². The SMILES string of the molecule is CC(C)(C)c1cccc(OCC2(O)CCCCC2)c1. The van der Waals surface area contributed by atoms with E-state index in [9.17, 15) is 5.11 Å². The van der Waals surface area contributed by atoms with Crippen LogP contribution in [-0.2, 0) is 5.41 Å². The second-order valence-electron chi connectivity index (χ2n) is 6.85. The highest BCUT2D eigenvalue weighted by Crippen LogP contribution is 2.30. The third kappa shape index (κ3) is 3.97. The van der Waals surface area contributed by atoms with Gasteiger partial charge in [-0.05, 0) is 36.0 Å². The second kappa shape index (κ2) is 5.54. The van der Waals surface area contributed by atoms with E-state index < -0.39 is 5.60 Å². The summed E-state index contributed by atoms with van der Waals surface area (Å²) in [6, 6.07) is 8.22. The highest BCUT2D eigenvalue weighted by Gasteiger charge is 2.30. The molecule has 0 aromatic heterocycles. The van der Waals surface area contributed by atoms with Gasteiger partial charge >= 0.3 is 0 Å². The molecule has 0 spiro atoms. The molecule has 1 aliphatic carbocycles. The third-order valence-corrected chi connectivity index (χ3v) is 3.99. The van der Waals surface area contributed by atoms with Crippen molar-refractivity contribution in [1.29, 1.82) is 0 Å². The number of hydrogen-bond donors (Lipinski definition) is 1. The Hall–Kier alpha value is -1.02. The van der Waals surface area contributed by atoms with Gasteiger partial charge in [0.05, 0.1) is 5.60 Å². The summed E-state index contributed by atoms with van der Waals surface area (Å²) in [5, 5.41) is 10.4. The number of ether oxygens (including phenoxy) is 1. The minimum Gasteiger partial charge on any atom is -0.491 e. The van der Waals surface area contributed by atoms with E-state index in [2.05, 4.69) is 32.9 Å². The molecule has 0 aliphatic heterocycles. The number of aliphatic hydroxyl groups is 1. The summed E-state index contributed by atoms with van der Waals surface area (Å²) < 4.78 is 5.83. The maximum atomic E-state index is 10.4. The zero-order valence-corrected chi connectivity index (χ0v) is 12.4. The fourth-order valence-electron chi connectivity index (χ4n) is 2.62. The Morgan fingerprint density at radius 2 is 1.84 bits per heavy atom. The van der Waals surface area contributed by atoms with Crippen molar-refractivity contribution in [3.63, 3.8) is 0 Å². The van der Waals surface area contributed by atoms with Crippen LogP contribution in [0.4, 0.5) is 0 Å². The Morgan fingerprint density at radius 3 is 2.47 bits per heavy atom. The normalized spacial score (nSPS) is 19.2. The molecule has 0 atom stereocenters. The van der Waals surface area contributed by atoms with Gasteiger partial charge < -0.3 is 9.84 Å². The van der Waals surface area contributed by atoms with Gasteiger partial charge in [0.15, 0.2) is 0 Å². The predicted octanol–water partition coefficient (Wildman–Crippen LogP) is 4.06. The van der Waals surface area contributed by atoms with E-state index in [0.29, 0.717) is 6.61 Å². The molecule has 1 saturated carbocycles. The number of hydrogen-bond acceptors (Lipinski definition) is 2. The first-order chi connectivity index (χ1) is 8.89. The predicted molar refractivity (Wildman–Crippen MR) is 78.7 cm³/mol. The summed E-state index contributed by atoms with van der Waals surface area (Å²) in [7, 11) is 0. The lowest BCUT2D eigenvalue weighted by atomic mass is 9.85. The Morgan fingerprint density at radius 1 is 1.16 bits per heavy atom. The van der Waals surface area contributed by atoms with E-state index in [-0.39, 0.29) is 5.41 Å². The maximum absolute atomic E-state index is 10.4. The second-order valence-corrected chi connectivity index (χ2v) is 6.85. The van der Waals surface area contributed by atoms with E-state index in [4.69, 9.17) is 4.74 Å². The zero-order valence-electron chi connectivity index (χ0n) is 12.4. The van der Waals surface area contributed by atoms with Crippen LogP contribution in [0.15, 0.2) is 24.3 Å². The molecule has 1 aromatic carbocycles. The summed E-state index contributed by atoms with van der Waals surface area (Å²) in [6.07, 6.45) is 5.20. The molecule has 0 heterocycles. The van der Waals surface area contributed by atoms with E-state index in [0.717, 1.165) is 31.4 Å². The molecule has 106 valence electrons. The molecule has 19 heavy (non-hydrogen) atoms. The molecule has 2 heteroatoms. The smallest absolute Gasteiger partial charge is 0.119 e. The van der Waals surface area contributed by atoms with Crippen LogP contribution >= 0.6 is 0 Å². The summed E-state index contributed by atoms with van der Waals surface area (Å²) in [5.41, 5.74) is 0.775. The van der Waals surface area contributed by atoms with Crippen LogP contribution in [0.3, 0.4) is 0 Å². The van der Waals surface area contributed by atoms with E-state index in [1.54, 1.807) is 0 Å². The van der Waals surface area contributed by atoms with Crippen molar-refractivity contribution in [3.8, 4) is 5.75 Å². The average Bonchev–Trinajstić information content (AvgIpc) is 2.37. The van der Waals surface area contributed by atoms with Crippen LogP contribution in [0.5, 0.6) is 5.75 Å². The lowest BCUT2D eigenvalue weighted by Crippen LogP contribution is -2.37. The fourth-order valence-corrected chi connectivity index (χ4v) is 2.62. The third-order valence-electron chi connectivity index (χ3n) is 3.99. The summed E-state index contributed by atoms with van der Waals surface area (Å²) in [6.45, 7) is 7.00. The van der Waals surface area contributed by atoms with E-state index >= 15 is 0 Å². The first-order valence-electron chi connectivity index (χ1n) is 7.35. The fraction of sp³-hybridized carbons (Fsp3) is 0.647. The molecule has 2 rings (SSSR count). The average molecular weight is 262 g/mol. The maximum Gasteiger partial charge on any atom is 0.119 e. The lowest BCUT2D eigenvalue weighted by molar-refractivity contribution is -0.0339. The van der Waals surface area contributed by atoms with Crippen LogP contribution in [0.2, 0.25) is 0 Å². The van der Waals surface area contributed by atoms with Crippen LogP contribution in [0, 0.1) is 0 Å². The molecule has 1 fully saturated rings. The van der Waals surface area contributed by atoms with Gasteiger partial charge in [-0.25, -0.2) is 0 Å². The minimum absolute atomic E-state index is 0.126. The molecule has 0 bridgehead atoms. The van der Waals surface area contributed by atoms with Gasteiger partial charge in [-0.3, -0.25) is 0 Å². The Bertz CT molecular complexity index is 412. The van der Waals surface area contributed by atoms with Gasteiger partial charge in [0.2, 0.25) is 0 Å². The van der Waals surface area contributed by atoms with Gasteiger partial charge in [0, 0.05) is 0 Å². The topological polar surface area (TPSA) is 29.5 Å². The lowest BCUT2D eigenvalue weighted by Gasteiger charge is -2.31. The van der Waals surface area contributed by atoms with Crippen molar-refractivity contribution >= 4 is 0 Å². The van der Waals surface area contributed by atoms with Crippen molar-refractivity contribution in [3.05, 3.63) is 29.8 Å². The van der Waals surface area contributed by atoms with Crippen LogP contribution in [0.1, 0.15) is 58.4 Å². The van der Waals surface area contributed by atoms with Gasteiger partial charge in [-0.15, -0.1) is 0 Å². The molecule has 0 amide bonds. The standard InChI is InChI=1S/C17H26O2/c1-16(2,3)14-8-7-9-15(12-14)19-13-17(18)10-5-4-6-11-17/h7-9,12,18H,4-6,10-11,13H2,1-3H3. The zero-order chi connectivity index (χ0) is 13.9. The number of benzene rings is 1. The molecule has 1 aromatic rings. The van der Waals surface area contributed by atoms with Gasteiger partial charge in [-0.2, -0.15) is 0 Å². The van der Waals surface area contributed by atoms with Gasteiger partial charge in [-0.1, -0.05) is 52.2 Å². The highest BCUT2D eigenvalue weighted by atomic mass is 16.5. The highest BCUT2D eigenvalue weighted by molar-refractivity contribution is 5.32. The summed E-state index contributed by atoms with van der Waals surface area (Å²) >= 11 is 0. The summed E-state index contributed by atoms with van der Waals surface area (Å²) in [5.74, 6) is 0.867. The van der Waals surface area contributed by atoms with Crippen molar-refractivity contribution in [1.82, 2.24) is 0 Å². The molecule has 2 nitrogen and oxygen atoms in total. The Kier molecular flexibility index (Phi) is 4.19. The molecule has 1 N–H and O–H groups in total. The largest absolute Gasteiger partial charge is 0.491 e. The molecule has 0 saturated heterocycles. The molecular weight excluding hydrogens is 236 g/mol. The molecular formula is C17H26O2. The summed E-state index contributed by atoms with van der Waals surface area (Å²) in [4.78, 5) is 0.